The molecule has 1 saturated heterocycles. The molecule has 6 N–H and O–H groups in total. The van der Waals surface area contributed by atoms with Gasteiger partial charge in [0, 0.05) is 37.5 Å². The first-order valence-corrected chi connectivity index (χ1v) is 10.5. The van der Waals surface area contributed by atoms with Gasteiger partial charge in [0.15, 0.2) is 6.16 Å². The van der Waals surface area contributed by atoms with Crippen LogP contribution in [0.5, 0.6) is 0 Å². The second-order valence-electron chi connectivity index (χ2n) is 7.03. The van der Waals surface area contributed by atoms with Crippen molar-refractivity contribution in [2.45, 2.75) is 37.3 Å². The van der Waals surface area contributed by atoms with E-state index in [0.29, 0.717) is 6.42 Å². The second kappa shape index (κ2) is 10.4. The van der Waals surface area contributed by atoms with Crippen molar-refractivity contribution in [1.29, 1.82) is 1.28 Å². The summed E-state index contributed by atoms with van der Waals surface area (Å²) in [5.41, 5.74) is 5.35. The molecule has 12 nitrogen and oxygen atoms in total. The van der Waals surface area contributed by atoms with Gasteiger partial charge in [0.1, 0.15) is 12.3 Å². The lowest BCUT2D eigenvalue weighted by atomic mass is 10.1. The fourth-order valence-corrected chi connectivity index (χ4v) is 3.64. The Kier molecular flexibility index (Phi) is 7.15. The third-order valence-corrected chi connectivity index (χ3v) is 5.30. The zero-order valence-electron chi connectivity index (χ0n) is 17.4. The number of H-pyrrole nitrogens is 2. The van der Waals surface area contributed by atoms with E-state index >= 15 is 0 Å². The van der Waals surface area contributed by atoms with Crippen LogP contribution in [0.1, 0.15) is 23.9 Å². The van der Waals surface area contributed by atoms with Gasteiger partial charge in [-0.05, 0) is 0 Å². The Morgan fingerprint density at radius 3 is 3.10 bits per heavy atom. The number of hydrogen-bond donors (Lipinski definition) is 5. The first-order valence-electron chi connectivity index (χ1n) is 9.99. The van der Waals surface area contributed by atoms with Crippen LogP contribution in [0.15, 0.2) is 34.4 Å². The summed E-state index contributed by atoms with van der Waals surface area (Å²) in [4.78, 5) is 45.3. The van der Waals surface area contributed by atoms with Crippen molar-refractivity contribution in [2.75, 3.05) is 12.7 Å². The number of nitrogens with one attached hydrogen (secondary N) is 3. The predicted molar refractivity (Wildman–Crippen MR) is 112 cm³/mol. The highest BCUT2D eigenvalue weighted by Gasteiger charge is 2.37. The van der Waals surface area contributed by atoms with Crippen molar-refractivity contribution in [2.24, 2.45) is 5.73 Å². The van der Waals surface area contributed by atoms with Gasteiger partial charge in [-0.1, -0.05) is 16.7 Å². The van der Waals surface area contributed by atoms with Crippen LogP contribution in [0, 0.1) is 0 Å². The Hall–Kier alpha value is -2.92. The molecule has 2 aromatic heterocycles. The molecule has 166 valence electrons. The van der Waals surface area contributed by atoms with Gasteiger partial charge in [0.2, 0.25) is 5.91 Å². The Bertz CT molecular complexity index is 1100. The quantitative estimate of drug-likeness (QED) is 0.288. The van der Waals surface area contributed by atoms with Crippen molar-refractivity contribution >= 4 is 20.4 Å². The molecule has 1 aliphatic heterocycles. The fraction of sp³-hybridized carbons (Fsp3) is 0.444. The Balaban J connectivity index is 1.61. The first-order chi connectivity index (χ1) is 15.2. The molecule has 0 aromatic carbocycles. The maximum Gasteiger partial charge on any atom is 0.388 e. The molecule has 0 spiro atoms. The largest absolute Gasteiger partial charge is 0.390 e. The summed E-state index contributed by atoms with van der Waals surface area (Å²) in [5.74, 6) is -0.379. The van der Waals surface area contributed by atoms with Gasteiger partial charge in [0.25, 0.3) is 5.56 Å². The molecule has 1 fully saturated rings. The van der Waals surface area contributed by atoms with Gasteiger partial charge in [-0.2, -0.15) is 0 Å². The number of amides is 1. The van der Waals surface area contributed by atoms with Crippen LogP contribution in [0.3, 0.4) is 0 Å². The molecule has 31 heavy (non-hydrogen) atoms. The lowest BCUT2D eigenvalue weighted by Crippen LogP contribution is -2.42. The smallest absolute Gasteiger partial charge is 0.388 e. The number of ether oxygens (including phenoxy) is 1. The topological polar surface area (TPSA) is 185 Å². The minimum atomic E-state index is -2.27. The number of carbonyl (C=O) groups excluding carboxylic acids is 1. The molecule has 5 atom stereocenters. The highest BCUT2D eigenvalue weighted by molar-refractivity contribution is 7.23. The number of carbonyl (C=O) groups is 1. The van der Waals surface area contributed by atoms with E-state index in [-0.39, 0.29) is 30.6 Å². The minimum Gasteiger partial charge on any atom is -0.390 e. The van der Waals surface area contributed by atoms with E-state index in [0.717, 1.165) is 10.3 Å². The molecular weight excluding hydrogens is 427 g/mol. The van der Waals surface area contributed by atoms with Gasteiger partial charge in [-0.25, -0.2) is 9.78 Å². The lowest BCUT2D eigenvalue weighted by Gasteiger charge is -2.14. The minimum absolute atomic E-state index is 0.0488. The zero-order valence-corrected chi connectivity index (χ0v) is 17.3. The van der Waals surface area contributed by atoms with Crippen molar-refractivity contribution < 1.29 is 19.2 Å². The SMILES string of the molecule is [3H][P+](=O)CC1OC(n2cc(C=CCNC(=O)C(N)Cc3cnc[nH]3)c(=O)[nH]c2=O)CC1O. The van der Waals surface area contributed by atoms with E-state index in [2.05, 4.69) is 20.3 Å². The highest BCUT2D eigenvalue weighted by Crippen LogP contribution is 2.29. The molecule has 0 radical (unpaired) electrons. The average Bonchev–Trinajstić information content (AvgIpc) is 3.36. The summed E-state index contributed by atoms with van der Waals surface area (Å²) in [5, 5.41) is 12.7. The molecule has 1 aliphatic rings. The van der Waals surface area contributed by atoms with E-state index in [1.54, 1.807) is 6.20 Å². The molecular formula is C18H24N6O6P+. The summed E-state index contributed by atoms with van der Waals surface area (Å²) in [6.45, 7) is 0.103. The van der Waals surface area contributed by atoms with Gasteiger partial charge in [0.05, 0.1) is 24.0 Å². The summed E-state index contributed by atoms with van der Waals surface area (Å²) >= 11 is 0. The molecule has 3 rings (SSSR count). The van der Waals surface area contributed by atoms with Gasteiger partial charge < -0.3 is 25.9 Å². The van der Waals surface area contributed by atoms with Crippen LogP contribution in [-0.2, 0) is 20.5 Å². The van der Waals surface area contributed by atoms with E-state index in [1.807, 2.05) is 0 Å². The fourth-order valence-electron chi connectivity index (χ4n) is 3.16. The van der Waals surface area contributed by atoms with Crippen LogP contribution >= 0.6 is 8.41 Å². The number of aromatic amines is 2. The summed E-state index contributed by atoms with van der Waals surface area (Å²) < 4.78 is 25.0. The van der Waals surface area contributed by atoms with Crippen molar-refractivity contribution in [3.63, 3.8) is 0 Å². The third kappa shape index (κ3) is 5.82. The van der Waals surface area contributed by atoms with Crippen LogP contribution in [0.25, 0.3) is 6.08 Å². The number of imidazole rings is 1. The van der Waals surface area contributed by atoms with Crippen molar-refractivity contribution in [3.05, 3.63) is 56.9 Å². The molecule has 1 amide bonds. The summed E-state index contributed by atoms with van der Waals surface area (Å²) in [7, 11) is -2.27. The van der Waals surface area contributed by atoms with Gasteiger partial charge in [-0.15, -0.1) is 0 Å². The maximum atomic E-state index is 12.2. The molecule has 5 unspecified atom stereocenters. The number of hydrogen-bond acceptors (Lipinski definition) is 8. The van der Waals surface area contributed by atoms with Crippen LogP contribution in [0.4, 0.5) is 0 Å². The normalized spacial score (nSPS) is 23.0. The Labute approximate surface area is 179 Å². The van der Waals surface area contributed by atoms with Crippen molar-refractivity contribution in [1.82, 2.24) is 24.8 Å². The predicted octanol–water partition coefficient (Wildman–Crippen LogP) is -1.37. The number of aromatic nitrogens is 4. The molecule has 0 saturated carbocycles. The lowest BCUT2D eigenvalue weighted by molar-refractivity contribution is -0.122. The Morgan fingerprint density at radius 1 is 1.58 bits per heavy atom. The summed E-state index contributed by atoms with van der Waals surface area (Å²) in [6.07, 6.45) is 4.81. The van der Waals surface area contributed by atoms with E-state index in [4.69, 9.17) is 11.7 Å². The number of rotatable bonds is 9. The number of aliphatic hydroxyl groups is 1. The average molecular weight is 453 g/mol. The third-order valence-electron chi connectivity index (χ3n) is 4.79. The monoisotopic (exact) mass is 453 g/mol. The van der Waals surface area contributed by atoms with Gasteiger partial charge >= 0.3 is 15.4 Å². The molecule has 0 aliphatic carbocycles. The standard InChI is InChI=1S/C18H23N6O6P/c19-12(4-11-6-20-9-22-11)17(27)21-3-1-2-10-7-24(18(28)23-16(10)26)15-5-13(25)14(30-15)8-31-29/h1-2,6-7,9,12-15,25H,3-5,8,19H2,(H,20,22)(H,21,27)(H,23,26,28)/p+1/i/hT. The highest BCUT2D eigenvalue weighted by atomic mass is 31.1. The van der Waals surface area contributed by atoms with Crippen LogP contribution in [-0.4, -0.2) is 62.8 Å². The zero-order chi connectivity index (χ0) is 23.3. The number of nitrogens with zero attached hydrogens (tertiary/aromatic N) is 2. The second-order valence-corrected chi connectivity index (χ2v) is 7.65. The first kappa shape index (κ1) is 21.3. The molecule has 0 bridgehead atoms. The maximum absolute atomic E-state index is 12.2. The van der Waals surface area contributed by atoms with Crippen LogP contribution in [0.2, 0.25) is 0 Å². The number of aliphatic hydroxyl groups excluding tert-OH is 1. The van der Waals surface area contributed by atoms with E-state index in [9.17, 15) is 24.1 Å². The van der Waals surface area contributed by atoms with E-state index in [1.165, 1.54) is 24.7 Å². The Morgan fingerprint density at radius 2 is 2.39 bits per heavy atom. The van der Waals surface area contributed by atoms with E-state index < -0.39 is 44.1 Å². The molecule has 13 heteroatoms. The van der Waals surface area contributed by atoms with Crippen molar-refractivity contribution in [3.8, 4) is 0 Å². The molecule has 3 heterocycles. The summed E-state index contributed by atoms with van der Waals surface area (Å²) in [6, 6.07) is -0.771. The van der Waals surface area contributed by atoms with Crippen LogP contribution < -0.4 is 22.3 Å². The number of nitrogens with two attached hydrogens (primary N) is 1. The molecule has 2 aromatic rings. The van der Waals surface area contributed by atoms with Gasteiger partial charge in [-0.3, -0.25) is 19.1 Å².